The zero-order valence-electron chi connectivity index (χ0n) is 7.17. The zero-order chi connectivity index (χ0) is 9.19. The molecule has 1 unspecified atom stereocenters. The standard InChI is InChI=1S/C8H11NO2S.ClH/c1-7(12(9,10)11)8-5-3-2-4-6-8;/h2-7H,1H3,(H2,9,10,11);1H. The zero-order valence-corrected chi connectivity index (χ0v) is 8.81. The van der Waals surface area contributed by atoms with E-state index in [-0.39, 0.29) is 12.4 Å². The van der Waals surface area contributed by atoms with Crippen molar-refractivity contribution in [1.82, 2.24) is 0 Å². The van der Waals surface area contributed by atoms with Crippen LogP contribution in [0.5, 0.6) is 0 Å². The van der Waals surface area contributed by atoms with Gasteiger partial charge in [-0.2, -0.15) is 0 Å². The highest BCUT2D eigenvalue weighted by atomic mass is 35.5. The number of halogens is 1. The monoisotopic (exact) mass is 221 g/mol. The minimum absolute atomic E-state index is 0. The Labute approximate surface area is 84.4 Å². The first-order chi connectivity index (χ1) is 5.52. The summed E-state index contributed by atoms with van der Waals surface area (Å²) in [6, 6.07) is 8.90. The minimum Gasteiger partial charge on any atom is -0.228 e. The van der Waals surface area contributed by atoms with Crippen LogP contribution in [0.15, 0.2) is 30.3 Å². The second-order valence-electron chi connectivity index (χ2n) is 2.64. The van der Waals surface area contributed by atoms with Crippen LogP contribution in [0, 0.1) is 0 Å². The van der Waals surface area contributed by atoms with Crippen molar-refractivity contribution < 1.29 is 8.42 Å². The molecule has 1 atom stereocenters. The van der Waals surface area contributed by atoms with E-state index in [0.29, 0.717) is 0 Å². The smallest absolute Gasteiger partial charge is 0.215 e. The van der Waals surface area contributed by atoms with E-state index in [4.69, 9.17) is 5.14 Å². The Kier molecular flexibility index (Phi) is 4.39. The quantitative estimate of drug-likeness (QED) is 0.822. The number of hydrogen-bond acceptors (Lipinski definition) is 2. The lowest BCUT2D eigenvalue weighted by Gasteiger charge is -2.07. The van der Waals surface area contributed by atoms with Gasteiger partial charge in [0.15, 0.2) is 0 Å². The second kappa shape index (κ2) is 4.60. The molecule has 0 aliphatic heterocycles. The van der Waals surface area contributed by atoms with E-state index in [0.717, 1.165) is 5.56 Å². The maximum atomic E-state index is 10.9. The summed E-state index contributed by atoms with van der Waals surface area (Å²) < 4.78 is 21.8. The van der Waals surface area contributed by atoms with Crippen molar-refractivity contribution in [3.8, 4) is 0 Å². The maximum absolute atomic E-state index is 10.9. The van der Waals surface area contributed by atoms with Crippen molar-refractivity contribution in [3.63, 3.8) is 0 Å². The second-order valence-corrected chi connectivity index (χ2v) is 4.53. The third kappa shape index (κ3) is 3.34. The van der Waals surface area contributed by atoms with Crippen molar-refractivity contribution in [3.05, 3.63) is 35.9 Å². The van der Waals surface area contributed by atoms with E-state index >= 15 is 0 Å². The molecule has 5 heteroatoms. The number of hydrogen-bond donors (Lipinski definition) is 1. The topological polar surface area (TPSA) is 60.2 Å². The van der Waals surface area contributed by atoms with E-state index in [1.165, 1.54) is 0 Å². The lowest BCUT2D eigenvalue weighted by molar-refractivity contribution is 0.588. The number of benzene rings is 1. The molecule has 0 aliphatic carbocycles. The Hall–Kier alpha value is -0.580. The number of primary sulfonamides is 1. The summed E-state index contributed by atoms with van der Waals surface area (Å²) in [5.74, 6) is 0. The molecule has 0 heterocycles. The average molecular weight is 222 g/mol. The van der Waals surface area contributed by atoms with Crippen LogP contribution in [0.1, 0.15) is 17.7 Å². The summed E-state index contributed by atoms with van der Waals surface area (Å²) in [4.78, 5) is 0. The first-order valence-electron chi connectivity index (χ1n) is 3.58. The Bertz CT molecular complexity index is 350. The summed E-state index contributed by atoms with van der Waals surface area (Å²) in [6.45, 7) is 1.57. The molecule has 13 heavy (non-hydrogen) atoms. The van der Waals surface area contributed by atoms with E-state index in [2.05, 4.69) is 0 Å². The highest BCUT2D eigenvalue weighted by molar-refractivity contribution is 7.89. The predicted octanol–water partition coefficient (Wildman–Crippen LogP) is 1.46. The van der Waals surface area contributed by atoms with Gasteiger partial charge in [-0.1, -0.05) is 30.3 Å². The van der Waals surface area contributed by atoms with E-state index in [1.807, 2.05) is 6.07 Å². The molecule has 2 N–H and O–H groups in total. The van der Waals surface area contributed by atoms with Crippen LogP contribution in [-0.2, 0) is 10.0 Å². The lowest BCUT2D eigenvalue weighted by Crippen LogP contribution is -2.19. The fraction of sp³-hybridized carbons (Fsp3) is 0.250. The third-order valence-corrected chi connectivity index (χ3v) is 3.02. The SMILES string of the molecule is CC(c1ccccc1)S(N)(=O)=O.Cl. The van der Waals surface area contributed by atoms with Gasteiger partial charge in [-0.25, -0.2) is 13.6 Å². The molecule has 0 aromatic heterocycles. The van der Waals surface area contributed by atoms with Gasteiger partial charge in [0, 0.05) is 0 Å². The van der Waals surface area contributed by atoms with Gasteiger partial charge in [-0.15, -0.1) is 12.4 Å². The average Bonchev–Trinajstić information content (AvgIpc) is 2.03. The van der Waals surface area contributed by atoms with Gasteiger partial charge in [-0.3, -0.25) is 0 Å². The molecule has 0 fully saturated rings. The van der Waals surface area contributed by atoms with Crippen LogP contribution in [0.3, 0.4) is 0 Å². The first kappa shape index (κ1) is 12.4. The molecular weight excluding hydrogens is 210 g/mol. The Morgan fingerprint density at radius 3 is 2.08 bits per heavy atom. The van der Waals surface area contributed by atoms with Gasteiger partial charge in [0.25, 0.3) is 0 Å². The highest BCUT2D eigenvalue weighted by Gasteiger charge is 2.16. The molecular formula is C8H12ClNO2S. The summed E-state index contributed by atoms with van der Waals surface area (Å²) in [7, 11) is -3.46. The molecule has 74 valence electrons. The molecule has 0 spiro atoms. The molecule has 0 aliphatic rings. The Morgan fingerprint density at radius 2 is 1.69 bits per heavy atom. The van der Waals surface area contributed by atoms with Gasteiger partial charge >= 0.3 is 0 Å². The van der Waals surface area contributed by atoms with Crippen LogP contribution in [-0.4, -0.2) is 8.42 Å². The number of sulfonamides is 1. The Balaban J connectivity index is 0.00000144. The molecule has 0 bridgehead atoms. The Morgan fingerprint density at radius 1 is 1.23 bits per heavy atom. The molecule has 0 saturated heterocycles. The largest absolute Gasteiger partial charge is 0.228 e. The maximum Gasteiger partial charge on any atom is 0.215 e. The summed E-state index contributed by atoms with van der Waals surface area (Å²) in [5.41, 5.74) is 0.722. The van der Waals surface area contributed by atoms with Crippen molar-refractivity contribution >= 4 is 22.4 Å². The van der Waals surface area contributed by atoms with Crippen LogP contribution in [0.2, 0.25) is 0 Å². The summed E-state index contributed by atoms with van der Waals surface area (Å²) in [5, 5.41) is 4.36. The number of rotatable bonds is 2. The summed E-state index contributed by atoms with van der Waals surface area (Å²) >= 11 is 0. The molecule has 0 saturated carbocycles. The van der Waals surface area contributed by atoms with Crippen molar-refractivity contribution in [2.75, 3.05) is 0 Å². The lowest BCUT2D eigenvalue weighted by atomic mass is 10.2. The third-order valence-electron chi connectivity index (χ3n) is 1.76. The molecule has 3 nitrogen and oxygen atoms in total. The van der Waals surface area contributed by atoms with Gasteiger partial charge in [0.05, 0.1) is 5.25 Å². The van der Waals surface area contributed by atoms with Crippen molar-refractivity contribution in [1.29, 1.82) is 0 Å². The highest BCUT2D eigenvalue weighted by Crippen LogP contribution is 2.17. The molecule has 1 rings (SSSR count). The molecule has 1 aromatic rings. The van der Waals surface area contributed by atoms with Crippen LogP contribution >= 0.6 is 12.4 Å². The van der Waals surface area contributed by atoms with Gasteiger partial charge in [-0.05, 0) is 12.5 Å². The van der Waals surface area contributed by atoms with Crippen molar-refractivity contribution in [2.45, 2.75) is 12.2 Å². The van der Waals surface area contributed by atoms with Crippen LogP contribution < -0.4 is 5.14 Å². The number of nitrogens with two attached hydrogens (primary N) is 1. The molecule has 1 aromatic carbocycles. The van der Waals surface area contributed by atoms with Gasteiger partial charge in [0.2, 0.25) is 10.0 Å². The molecule has 0 amide bonds. The fourth-order valence-corrected chi connectivity index (χ4v) is 1.45. The fourth-order valence-electron chi connectivity index (χ4n) is 0.914. The van der Waals surface area contributed by atoms with E-state index < -0.39 is 15.3 Å². The van der Waals surface area contributed by atoms with Crippen LogP contribution in [0.4, 0.5) is 0 Å². The van der Waals surface area contributed by atoms with Crippen molar-refractivity contribution in [2.24, 2.45) is 5.14 Å². The van der Waals surface area contributed by atoms with Crippen LogP contribution in [0.25, 0.3) is 0 Å². The molecule has 0 radical (unpaired) electrons. The van der Waals surface area contributed by atoms with Gasteiger partial charge < -0.3 is 0 Å². The van der Waals surface area contributed by atoms with E-state index in [1.54, 1.807) is 31.2 Å². The minimum atomic E-state index is -3.46. The summed E-state index contributed by atoms with van der Waals surface area (Å²) in [6.07, 6.45) is 0. The first-order valence-corrected chi connectivity index (χ1v) is 5.19. The van der Waals surface area contributed by atoms with Gasteiger partial charge in [0.1, 0.15) is 0 Å². The predicted molar refractivity (Wildman–Crippen MR) is 55.2 cm³/mol. The van der Waals surface area contributed by atoms with E-state index in [9.17, 15) is 8.42 Å². The normalized spacial score (nSPS) is 13.1.